The van der Waals surface area contributed by atoms with Crippen LogP contribution in [0.1, 0.15) is 75.4 Å². The van der Waals surface area contributed by atoms with Gasteiger partial charge in [-0.1, -0.05) is 6.92 Å². The molecule has 3 aromatic heterocycles. The van der Waals surface area contributed by atoms with E-state index in [4.69, 9.17) is 19.4 Å². The topological polar surface area (TPSA) is 93.0 Å². The van der Waals surface area contributed by atoms with Crippen LogP contribution in [0.3, 0.4) is 0 Å². The first-order valence-corrected chi connectivity index (χ1v) is 17.2. The Kier molecular flexibility index (Phi) is 9.51. The third-order valence-electron chi connectivity index (χ3n) is 9.56. The molecule has 10 heteroatoms. The van der Waals surface area contributed by atoms with Crippen LogP contribution in [0.2, 0.25) is 0 Å². The third-order valence-corrected chi connectivity index (χ3v) is 9.56. The molecule has 2 aliphatic rings. The summed E-state index contributed by atoms with van der Waals surface area (Å²) in [4.78, 5) is 27.6. The van der Waals surface area contributed by atoms with Crippen molar-refractivity contribution < 1.29 is 23.8 Å². The average molecular weight is 658 g/mol. The molecule has 0 spiro atoms. The van der Waals surface area contributed by atoms with Crippen LogP contribution < -0.4 is 9.64 Å². The van der Waals surface area contributed by atoms with Crippen LogP contribution in [-0.4, -0.2) is 75.4 Å². The molecule has 0 bridgehead atoms. The molecule has 0 unspecified atom stereocenters. The lowest BCUT2D eigenvalue weighted by atomic mass is 9.86. The minimum atomic E-state index is -1.32. The molecule has 5 heterocycles. The van der Waals surface area contributed by atoms with E-state index in [1.54, 1.807) is 0 Å². The van der Waals surface area contributed by atoms with Crippen LogP contribution in [-0.2, 0) is 23.0 Å². The standard InChI is InChI=1S/C38H48FN5O4/c1-8-14-43-15-10-16-44(18-17-43)31-20-25(12-13-40-31)30-22-28-33(27-21-29(39)34-26(23(27)2)11-9-19-47-34)32(24(3)41-36(28)42(30)7)35(37(45)46)48-38(4,5)6/h12-13,20-22,35H,8-11,14-19H2,1-7H3,(H,45,46)/t35-/m0/s1. The minimum Gasteiger partial charge on any atom is -0.490 e. The maximum atomic E-state index is 15.8. The van der Waals surface area contributed by atoms with Gasteiger partial charge in [0.1, 0.15) is 11.5 Å². The van der Waals surface area contributed by atoms with Crippen molar-refractivity contribution in [3.63, 3.8) is 0 Å². The number of hydrogen-bond acceptors (Lipinski definition) is 7. The lowest BCUT2D eigenvalue weighted by Gasteiger charge is -2.29. The van der Waals surface area contributed by atoms with Gasteiger partial charge in [0.15, 0.2) is 17.7 Å². The van der Waals surface area contributed by atoms with Crippen molar-refractivity contribution in [3.05, 3.63) is 58.7 Å². The number of aliphatic carboxylic acids is 1. The fourth-order valence-corrected chi connectivity index (χ4v) is 7.34. The summed E-state index contributed by atoms with van der Waals surface area (Å²) in [5.41, 5.74) is 5.68. The van der Waals surface area contributed by atoms with Gasteiger partial charge in [0.05, 0.1) is 17.9 Å². The Bertz CT molecular complexity index is 1850. The zero-order valence-corrected chi connectivity index (χ0v) is 29.3. The fourth-order valence-electron chi connectivity index (χ4n) is 7.34. The van der Waals surface area contributed by atoms with E-state index in [2.05, 4.69) is 28.9 Å². The number of benzene rings is 1. The number of fused-ring (bicyclic) bond motifs is 2. The van der Waals surface area contributed by atoms with Crippen molar-refractivity contribution in [2.24, 2.45) is 7.05 Å². The number of carbonyl (C=O) groups is 1. The van der Waals surface area contributed by atoms with E-state index < -0.39 is 23.5 Å². The van der Waals surface area contributed by atoms with E-state index in [1.807, 2.05) is 58.5 Å². The van der Waals surface area contributed by atoms with Gasteiger partial charge < -0.3 is 28.9 Å². The van der Waals surface area contributed by atoms with E-state index in [1.165, 1.54) is 6.07 Å². The first-order chi connectivity index (χ1) is 22.9. The van der Waals surface area contributed by atoms with E-state index in [0.717, 1.165) is 85.6 Å². The highest BCUT2D eigenvalue weighted by Gasteiger charge is 2.34. The Morgan fingerprint density at radius 1 is 1.12 bits per heavy atom. The lowest BCUT2D eigenvalue weighted by molar-refractivity contribution is -0.160. The maximum Gasteiger partial charge on any atom is 0.337 e. The molecule has 0 amide bonds. The normalized spacial score (nSPS) is 16.5. The molecule has 48 heavy (non-hydrogen) atoms. The van der Waals surface area contributed by atoms with Gasteiger partial charge in [-0.15, -0.1) is 0 Å². The Morgan fingerprint density at radius 2 is 1.92 bits per heavy atom. The summed E-state index contributed by atoms with van der Waals surface area (Å²) in [5.74, 6) is -0.360. The third kappa shape index (κ3) is 6.52. The number of halogens is 1. The van der Waals surface area contributed by atoms with Gasteiger partial charge in [-0.25, -0.2) is 19.2 Å². The highest BCUT2D eigenvalue weighted by Crippen LogP contribution is 2.45. The molecule has 1 aromatic carbocycles. The second kappa shape index (κ2) is 13.5. The number of anilines is 1. The van der Waals surface area contributed by atoms with Crippen LogP contribution in [0.5, 0.6) is 5.75 Å². The zero-order valence-electron chi connectivity index (χ0n) is 29.3. The fraction of sp³-hybridized carbons (Fsp3) is 0.500. The Balaban J connectivity index is 1.55. The molecule has 1 fully saturated rings. The summed E-state index contributed by atoms with van der Waals surface area (Å²) in [6.07, 6.45) is 4.22. The number of aromatic nitrogens is 3. The Labute approximate surface area is 282 Å². The summed E-state index contributed by atoms with van der Waals surface area (Å²) >= 11 is 0. The van der Waals surface area contributed by atoms with E-state index in [-0.39, 0.29) is 5.75 Å². The lowest BCUT2D eigenvalue weighted by Crippen LogP contribution is -2.31. The van der Waals surface area contributed by atoms with E-state index in [0.29, 0.717) is 41.1 Å². The van der Waals surface area contributed by atoms with Crippen LogP contribution in [0.4, 0.5) is 10.2 Å². The van der Waals surface area contributed by atoms with Gasteiger partial charge in [-0.2, -0.15) is 0 Å². The molecule has 2 aliphatic heterocycles. The minimum absolute atomic E-state index is 0.288. The summed E-state index contributed by atoms with van der Waals surface area (Å²) in [6, 6.07) is 7.66. The molecular weight excluding hydrogens is 609 g/mol. The van der Waals surface area contributed by atoms with Crippen LogP contribution in [0.25, 0.3) is 33.4 Å². The number of pyridine rings is 2. The van der Waals surface area contributed by atoms with Crippen molar-refractivity contribution in [2.45, 2.75) is 78.9 Å². The SMILES string of the molecule is CCCN1CCCN(c2cc(-c3cc4c(-c5cc(F)c6c(c5C)CCCO6)c([C@H](OC(C)(C)C)C(=O)O)c(C)nc4n3C)ccn2)CC1. The smallest absolute Gasteiger partial charge is 0.337 e. The molecule has 6 rings (SSSR count). The average Bonchev–Trinajstić information content (AvgIpc) is 3.20. The molecule has 9 nitrogen and oxygen atoms in total. The molecule has 1 atom stereocenters. The number of carboxylic acids is 1. The maximum absolute atomic E-state index is 15.8. The predicted molar refractivity (Wildman–Crippen MR) is 187 cm³/mol. The van der Waals surface area contributed by atoms with E-state index >= 15 is 4.39 Å². The predicted octanol–water partition coefficient (Wildman–Crippen LogP) is 7.25. The van der Waals surface area contributed by atoms with Crippen molar-refractivity contribution in [1.29, 1.82) is 0 Å². The Morgan fingerprint density at radius 3 is 2.65 bits per heavy atom. The summed E-state index contributed by atoms with van der Waals surface area (Å²) in [7, 11) is 1.97. The molecule has 0 aliphatic carbocycles. The van der Waals surface area contributed by atoms with Crippen molar-refractivity contribution in [2.75, 3.05) is 44.2 Å². The number of ether oxygens (including phenoxy) is 2. The largest absolute Gasteiger partial charge is 0.490 e. The van der Waals surface area contributed by atoms with Crippen molar-refractivity contribution in [1.82, 2.24) is 19.4 Å². The molecule has 1 N–H and O–H groups in total. The molecule has 1 saturated heterocycles. The van der Waals surface area contributed by atoms with Crippen molar-refractivity contribution >= 4 is 22.8 Å². The van der Waals surface area contributed by atoms with Crippen LogP contribution >= 0.6 is 0 Å². The highest BCUT2D eigenvalue weighted by molar-refractivity contribution is 6.01. The zero-order chi connectivity index (χ0) is 34.3. The molecular formula is C38H48FN5O4. The molecule has 256 valence electrons. The number of carboxylic acid groups (broad SMARTS) is 1. The van der Waals surface area contributed by atoms with Gasteiger partial charge in [-0.05, 0) is 109 Å². The number of aryl methyl sites for hydroxylation is 2. The van der Waals surface area contributed by atoms with Crippen molar-refractivity contribution in [3.8, 4) is 28.1 Å². The van der Waals surface area contributed by atoms with Crippen LogP contribution in [0, 0.1) is 19.7 Å². The second-order valence-electron chi connectivity index (χ2n) is 14.1. The highest BCUT2D eigenvalue weighted by atomic mass is 19.1. The number of rotatable bonds is 8. The first kappa shape index (κ1) is 33.9. The molecule has 4 aromatic rings. The quantitative estimate of drug-likeness (QED) is 0.212. The van der Waals surface area contributed by atoms with E-state index in [9.17, 15) is 9.90 Å². The van der Waals surface area contributed by atoms with Gasteiger partial charge >= 0.3 is 5.97 Å². The molecule has 0 radical (unpaired) electrons. The Hall–Kier alpha value is -4.02. The number of nitrogens with zero attached hydrogens (tertiary/aromatic N) is 5. The van der Waals surface area contributed by atoms with Gasteiger partial charge in [0.2, 0.25) is 0 Å². The second-order valence-corrected chi connectivity index (χ2v) is 14.1. The number of hydrogen-bond donors (Lipinski definition) is 1. The summed E-state index contributed by atoms with van der Waals surface area (Å²) in [6.45, 7) is 17.0. The van der Waals surface area contributed by atoms with Gasteiger partial charge in [0.25, 0.3) is 0 Å². The molecule has 0 saturated carbocycles. The van der Waals surface area contributed by atoms with Gasteiger partial charge in [-0.3, -0.25) is 0 Å². The van der Waals surface area contributed by atoms with Crippen LogP contribution in [0.15, 0.2) is 30.5 Å². The summed E-state index contributed by atoms with van der Waals surface area (Å²) in [5, 5.41) is 11.3. The monoisotopic (exact) mass is 657 g/mol. The first-order valence-electron chi connectivity index (χ1n) is 17.2. The van der Waals surface area contributed by atoms with Gasteiger partial charge in [0, 0.05) is 66.2 Å². The summed E-state index contributed by atoms with van der Waals surface area (Å²) < 4.78 is 29.8.